The highest BCUT2D eigenvalue weighted by Gasteiger charge is 2.33. The molecule has 7 nitrogen and oxygen atoms in total. The molecule has 2 aliphatic heterocycles. The zero-order valence-corrected chi connectivity index (χ0v) is 21.8. The smallest absolute Gasteiger partial charge is 0.245 e. The van der Waals surface area contributed by atoms with Gasteiger partial charge in [0.25, 0.3) is 0 Å². The van der Waals surface area contributed by atoms with E-state index in [9.17, 15) is 10.1 Å². The fourth-order valence-electron chi connectivity index (χ4n) is 5.23. The van der Waals surface area contributed by atoms with Gasteiger partial charge in [-0.05, 0) is 50.6 Å². The van der Waals surface area contributed by atoms with E-state index in [1.165, 1.54) is 0 Å². The average molecular weight is 496 g/mol. The van der Waals surface area contributed by atoms with Crippen LogP contribution in [0.5, 0.6) is 0 Å². The second-order valence-electron chi connectivity index (χ2n) is 10.4. The van der Waals surface area contributed by atoms with Crippen molar-refractivity contribution in [3.63, 3.8) is 0 Å². The fraction of sp³-hybridized carbons (Fsp3) is 0.367. The van der Waals surface area contributed by atoms with Crippen LogP contribution in [-0.2, 0) is 22.6 Å². The summed E-state index contributed by atoms with van der Waals surface area (Å²) < 4.78 is 5.99. The third kappa shape index (κ3) is 5.22. The van der Waals surface area contributed by atoms with Gasteiger partial charge in [-0.2, -0.15) is 5.26 Å². The Kier molecular flexibility index (Phi) is 6.96. The first-order valence-electron chi connectivity index (χ1n) is 12.8. The van der Waals surface area contributed by atoms with Crippen LogP contribution in [0.1, 0.15) is 36.2 Å². The lowest BCUT2D eigenvalue weighted by Gasteiger charge is -2.38. The van der Waals surface area contributed by atoms with Gasteiger partial charge in [-0.25, -0.2) is 4.98 Å². The van der Waals surface area contributed by atoms with Gasteiger partial charge in [0.05, 0.1) is 24.3 Å². The van der Waals surface area contributed by atoms with Crippen molar-refractivity contribution in [2.75, 3.05) is 42.5 Å². The molecule has 0 unspecified atom stereocenters. The van der Waals surface area contributed by atoms with Crippen LogP contribution in [0.4, 0.5) is 17.2 Å². The number of amides is 1. The predicted octanol–water partition coefficient (Wildman–Crippen LogP) is 4.60. The molecule has 3 aromatic rings. The zero-order chi connectivity index (χ0) is 26.0. The summed E-state index contributed by atoms with van der Waals surface area (Å²) in [6, 6.07) is 22.0. The number of carbonyl (C=O) groups excluding carboxylic acids is 1. The summed E-state index contributed by atoms with van der Waals surface area (Å²) in [5.41, 5.74) is 5.13. The van der Waals surface area contributed by atoms with Crippen molar-refractivity contribution < 1.29 is 9.53 Å². The van der Waals surface area contributed by atoms with Gasteiger partial charge >= 0.3 is 0 Å². The second kappa shape index (κ2) is 10.3. The molecule has 2 aliphatic rings. The van der Waals surface area contributed by atoms with Crippen molar-refractivity contribution in [3.05, 3.63) is 83.0 Å². The monoisotopic (exact) mass is 495 g/mol. The van der Waals surface area contributed by atoms with Crippen LogP contribution >= 0.6 is 0 Å². The molecule has 1 aromatic heterocycles. The van der Waals surface area contributed by atoms with Crippen molar-refractivity contribution in [1.29, 1.82) is 5.26 Å². The first-order valence-corrected chi connectivity index (χ1v) is 12.8. The summed E-state index contributed by atoms with van der Waals surface area (Å²) in [4.78, 5) is 24.6. The Balaban J connectivity index is 1.31. The number of nitriles is 1. The number of para-hydroxylation sites is 2. The van der Waals surface area contributed by atoms with E-state index in [0.29, 0.717) is 38.2 Å². The molecule has 7 heteroatoms. The number of nitrogens with zero attached hydrogens (tertiary/aromatic N) is 5. The topological polar surface area (TPSA) is 72.7 Å². The number of ether oxygens (including phenoxy) is 1. The fourth-order valence-corrected chi connectivity index (χ4v) is 5.23. The number of pyridine rings is 1. The van der Waals surface area contributed by atoms with Crippen molar-refractivity contribution in [2.45, 2.75) is 39.4 Å². The summed E-state index contributed by atoms with van der Waals surface area (Å²) in [6.07, 6.45) is 0.699. The molecule has 0 spiro atoms. The molecule has 0 saturated carbocycles. The largest absolute Gasteiger partial charge is 0.370 e. The third-order valence-electron chi connectivity index (χ3n) is 7.23. The second-order valence-corrected chi connectivity index (χ2v) is 10.4. The Morgan fingerprint density at radius 3 is 2.16 bits per heavy atom. The molecule has 1 fully saturated rings. The molecule has 1 amide bonds. The molecule has 0 radical (unpaired) electrons. The SMILES string of the molecule is Cc1nc(N2CCN(CC(=O)N(c3ccccc3)c3ccccc3)CC2)c(C#N)c2c1COC(C)(C)C2. The number of anilines is 3. The molecular weight excluding hydrogens is 462 g/mol. The van der Waals surface area contributed by atoms with E-state index in [2.05, 4.69) is 29.7 Å². The van der Waals surface area contributed by atoms with Crippen LogP contribution in [0.25, 0.3) is 0 Å². The van der Waals surface area contributed by atoms with Gasteiger partial charge in [0, 0.05) is 55.2 Å². The summed E-state index contributed by atoms with van der Waals surface area (Å²) in [6.45, 7) is 9.82. The predicted molar refractivity (Wildman–Crippen MR) is 145 cm³/mol. The van der Waals surface area contributed by atoms with Crippen molar-refractivity contribution in [3.8, 4) is 6.07 Å². The minimum Gasteiger partial charge on any atom is -0.370 e. The summed E-state index contributed by atoms with van der Waals surface area (Å²) >= 11 is 0. The molecule has 1 saturated heterocycles. The first-order chi connectivity index (χ1) is 17.9. The van der Waals surface area contributed by atoms with Gasteiger partial charge < -0.3 is 9.64 Å². The number of fused-ring (bicyclic) bond motifs is 1. The van der Waals surface area contributed by atoms with E-state index in [0.717, 1.165) is 47.1 Å². The normalized spacial score (nSPS) is 17.1. The molecule has 2 aromatic carbocycles. The number of rotatable bonds is 5. The number of aryl methyl sites for hydroxylation is 1. The summed E-state index contributed by atoms with van der Waals surface area (Å²) in [7, 11) is 0. The van der Waals surface area contributed by atoms with E-state index < -0.39 is 0 Å². The minimum atomic E-state index is -0.300. The molecule has 3 heterocycles. The number of piperazine rings is 1. The van der Waals surface area contributed by atoms with E-state index in [1.807, 2.05) is 67.6 Å². The molecule has 0 atom stereocenters. The van der Waals surface area contributed by atoms with Gasteiger partial charge in [0.1, 0.15) is 11.9 Å². The molecular formula is C30H33N5O2. The van der Waals surface area contributed by atoms with Crippen LogP contribution in [0.2, 0.25) is 0 Å². The van der Waals surface area contributed by atoms with Gasteiger partial charge in [-0.1, -0.05) is 36.4 Å². The number of hydrogen-bond donors (Lipinski definition) is 0. The number of benzene rings is 2. The quantitative estimate of drug-likeness (QED) is 0.515. The Morgan fingerprint density at radius 1 is 1.00 bits per heavy atom. The summed E-state index contributed by atoms with van der Waals surface area (Å²) in [5.74, 6) is 0.797. The molecule has 0 bridgehead atoms. The maximum atomic E-state index is 13.5. The van der Waals surface area contributed by atoms with Crippen LogP contribution in [0.3, 0.4) is 0 Å². The zero-order valence-electron chi connectivity index (χ0n) is 21.8. The van der Waals surface area contributed by atoms with E-state index in [-0.39, 0.29) is 11.5 Å². The van der Waals surface area contributed by atoms with Crippen LogP contribution in [-0.4, -0.2) is 54.1 Å². The number of hydrogen-bond acceptors (Lipinski definition) is 6. The van der Waals surface area contributed by atoms with E-state index in [4.69, 9.17) is 9.72 Å². The molecule has 190 valence electrons. The maximum absolute atomic E-state index is 13.5. The van der Waals surface area contributed by atoms with Crippen LogP contribution in [0.15, 0.2) is 60.7 Å². The lowest BCUT2D eigenvalue weighted by Crippen LogP contribution is -2.50. The highest BCUT2D eigenvalue weighted by Crippen LogP contribution is 2.35. The van der Waals surface area contributed by atoms with Gasteiger partial charge in [-0.3, -0.25) is 14.6 Å². The van der Waals surface area contributed by atoms with Crippen molar-refractivity contribution in [1.82, 2.24) is 9.88 Å². The maximum Gasteiger partial charge on any atom is 0.245 e. The first kappa shape index (κ1) is 24.9. The lowest BCUT2D eigenvalue weighted by atomic mass is 9.88. The lowest BCUT2D eigenvalue weighted by molar-refractivity contribution is -0.119. The van der Waals surface area contributed by atoms with Gasteiger partial charge in [0.2, 0.25) is 5.91 Å². The molecule has 37 heavy (non-hydrogen) atoms. The highest BCUT2D eigenvalue weighted by atomic mass is 16.5. The van der Waals surface area contributed by atoms with E-state index in [1.54, 1.807) is 4.90 Å². The molecule has 0 N–H and O–H groups in total. The van der Waals surface area contributed by atoms with Crippen LogP contribution in [0, 0.1) is 18.3 Å². The minimum absolute atomic E-state index is 0.0357. The Bertz CT molecular complexity index is 1270. The van der Waals surface area contributed by atoms with Crippen LogP contribution < -0.4 is 9.80 Å². The standard InChI is InChI=1S/C30H33N5O2/c1-22-27-21-37-30(2,3)18-25(27)26(19-31)29(32-22)34-16-14-33(15-17-34)20-28(36)35(23-10-6-4-7-11-23)24-12-8-5-9-13-24/h4-13H,14-18,20-21H2,1-3H3. The Morgan fingerprint density at radius 2 is 1.59 bits per heavy atom. The van der Waals surface area contributed by atoms with Gasteiger partial charge in [0.15, 0.2) is 0 Å². The third-order valence-corrected chi connectivity index (χ3v) is 7.23. The highest BCUT2D eigenvalue weighted by molar-refractivity contribution is 6.01. The van der Waals surface area contributed by atoms with E-state index >= 15 is 0 Å². The summed E-state index contributed by atoms with van der Waals surface area (Å²) in [5, 5.41) is 10.1. The van der Waals surface area contributed by atoms with Crippen molar-refractivity contribution in [2.24, 2.45) is 0 Å². The Hall–Kier alpha value is -3.73. The van der Waals surface area contributed by atoms with Crippen molar-refractivity contribution >= 4 is 23.1 Å². The number of carbonyl (C=O) groups is 1. The molecule has 0 aliphatic carbocycles. The molecule has 5 rings (SSSR count). The van der Waals surface area contributed by atoms with Gasteiger partial charge in [-0.15, -0.1) is 0 Å². The average Bonchev–Trinajstić information content (AvgIpc) is 2.90. The Labute approximate surface area is 218 Å². The number of aromatic nitrogens is 1.